The van der Waals surface area contributed by atoms with Crippen molar-refractivity contribution in [1.82, 2.24) is 25.6 Å². The van der Waals surface area contributed by atoms with Crippen LogP contribution in [0.5, 0.6) is 0 Å². The van der Waals surface area contributed by atoms with Crippen molar-refractivity contribution in [2.75, 3.05) is 0 Å². The molecule has 3 rings (SSSR count). The van der Waals surface area contributed by atoms with E-state index in [0.29, 0.717) is 0 Å². The van der Waals surface area contributed by atoms with Gasteiger partial charge >= 0.3 is 0 Å². The largest absolute Gasteiger partial charge is 0.365 e. The van der Waals surface area contributed by atoms with Gasteiger partial charge in [-0.3, -0.25) is 4.79 Å². The molecule has 2 aromatic heterocycles. The molecule has 0 fully saturated rings. The van der Waals surface area contributed by atoms with E-state index in [4.69, 9.17) is 5.73 Å². The SMILES string of the molecule is NC(=O)C(=Cc1c[nH]c2ccccc12)c1nnn[nH]1. The molecule has 0 aliphatic rings. The summed E-state index contributed by atoms with van der Waals surface area (Å²) in [5.74, 6) is -0.346. The Balaban J connectivity index is 2.15. The number of para-hydroxylation sites is 1. The quantitative estimate of drug-likeness (QED) is 0.597. The van der Waals surface area contributed by atoms with Gasteiger partial charge in [0.1, 0.15) is 0 Å². The van der Waals surface area contributed by atoms with Crippen LogP contribution < -0.4 is 5.73 Å². The molecule has 94 valence electrons. The topological polar surface area (TPSA) is 113 Å². The van der Waals surface area contributed by atoms with Gasteiger partial charge in [0.2, 0.25) is 0 Å². The third kappa shape index (κ3) is 1.97. The van der Waals surface area contributed by atoms with Crippen molar-refractivity contribution in [3.8, 4) is 0 Å². The summed E-state index contributed by atoms with van der Waals surface area (Å²) < 4.78 is 0. The lowest BCUT2D eigenvalue weighted by Crippen LogP contribution is -2.13. The van der Waals surface area contributed by atoms with E-state index in [1.165, 1.54) is 0 Å². The van der Waals surface area contributed by atoms with Crippen LogP contribution in [-0.4, -0.2) is 31.5 Å². The molecule has 0 unspecified atom stereocenters. The Morgan fingerprint density at radius 1 is 1.32 bits per heavy atom. The normalized spacial score (nSPS) is 11.9. The molecule has 0 saturated heterocycles. The molecule has 0 radical (unpaired) electrons. The van der Waals surface area contributed by atoms with Gasteiger partial charge in [0.15, 0.2) is 5.82 Å². The molecule has 7 nitrogen and oxygen atoms in total. The van der Waals surface area contributed by atoms with Crippen LogP contribution in [0.3, 0.4) is 0 Å². The van der Waals surface area contributed by atoms with E-state index >= 15 is 0 Å². The van der Waals surface area contributed by atoms with E-state index in [0.717, 1.165) is 16.5 Å². The zero-order chi connectivity index (χ0) is 13.2. The number of hydrogen-bond acceptors (Lipinski definition) is 4. The minimum Gasteiger partial charge on any atom is -0.365 e. The number of primary amides is 1. The maximum Gasteiger partial charge on any atom is 0.252 e. The molecule has 1 amide bonds. The molecule has 4 N–H and O–H groups in total. The lowest BCUT2D eigenvalue weighted by atomic mass is 10.1. The fourth-order valence-corrected chi connectivity index (χ4v) is 1.90. The van der Waals surface area contributed by atoms with Gasteiger partial charge in [-0.1, -0.05) is 18.2 Å². The van der Waals surface area contributed by atoms with Crippen molar-refractivity contribution in [2.24, 2.45) is 5.73 Å². The molecular weight excluding hydrogens is 244 g/mol. The molecule has 0 aliphatic heterocycles. The first-order valence-electron chi connectivity index (χ1n) is 5.57. The number of hydrogen-bond donors (Lipinski definition) is 3. The summed E-state index contributed by atoms with van der Waals surface area (Å²) in [5.41, 5.74) is 7.41. The van der Waals surface area contributed by atoms with Crippen molar-refractivity contribution in [3.05, 3.63) is 41.9 Å². The molecule has 19 heavy (non-hydrogen) atoms. The standard InChI is InChI=1S/C12H10N6O/c13-11(19)9(12-15-17-18-16-12)5-7-6-14-10-4-2-1-3-8(7)10/h1-6,14H,(H2,13,19)(H,15,16,17,18). The first kappa shape index (κ1) is 11.1. The zero-order valence-electron chi connectivity index (χ0n) is 9.79. The van der Waals surface area contributed by atoms with Crippen LogP contribution in [0.1, 0.15) is 11.4 Å². The predicted molar refractivity (Wildman–Crippen MR) is 69.5 cm³/mol. The highest BCUT2D eigenvalue weighted by Crippen LogP contribution is 2.22. The first-order valence-corrected chi connectivity index (χ1v) is 5.57. The Bertz CT molecular complexity index is 755. The number of amides is 1. The summed E-state index contributed by atoms with van der Waals surface area (Å²) in [4.78, 5) is 14.6. The Kier molecular flexibility index (Phi) is 2.57. The number of rotatable bonds is 3. The second-order valence-electron chi connectivity index (χ2n) is 3.96. The summed E-state index contributed by atoms with van der Waals surface area (Å²) in [6.45, 7) is 0. The van der Waals surface area contributed by atoms with E-state index in [9.17, 15) is 4.79 Å². The van der Waals surface area contributed by atoms with Crippen molar-refractivity contribution in [2.45, 2.75) is 0 Å². The van der Waals surface area contributed by atoms with E-state index < -0.39 is 5.91 Å². The second kappa shape index (κ2) is 4.37. The predicted octanol–water partition coefficient (Wildman–Crippen LogP) is 0.707. The average molecular weight is 254 g/mol. The highest BCUT2D eigenvalue weighted by atomic mass is 16.1. The maximum atomic E-state index is 11.5. The number of aromatic nitrogens is 5. The minimum atomic E-state index is -0.594. The third-order valence-corrected chi connectivity index (χ3v) is 2.79. The van der Waals surface area contributed by atoms with E-state index in [2.05, 4.69) is 25.6 Å². The minimum absolute atomic E-state index is 0.231. The summed E-state index contributed by atoms with van der Waals surface area (Å²) in [5, 5.41) is 14.1. The first-order chi connectivity index (χ1) is 9.25. The van der Waals surface area contributed by atoms with Crippen LogP contribution in [-0.2, 0) is 4.79 Å². The third-order valence-electron chi connectivity index (χ3n) is 2.79. The number of H-pyrrole nitrogens is 2. The van der Waals surface area contributed by atoms with Gasteiger partial charge in [0, 0.05) is 22.7 Å². The molecule has 2 heterocycles. The number of nitrogens with zero attached hydrogens (tertiary/aromatic N) is 3. The summed E-state index contributed by atoms with van der Waals surface area (Å²) in [7, 11) is 0. The van der Waals surface area contributed by atoms with Gasteiger partial charge in [-0.05, 0) is 22.6 Å². The highest BCUT2D eigenvalue weighted by molar-refractivity contribution is 6.23. The fraction of sp³-hybridized carbons (Fsp3) is 0. The van der Waals surface area contributed by atoms with E-state index in [1.807, 2.05) is 24.3 Å². The summed E-state index contributed by atoms with van der Waals surface area (Å²) in [6.07, 6.45) is 3.46. The molecule has 0 atom stereocenters. The molecule has 0 bridgehead atoms. The average Bonchev–Trinajstić information content (AvgIpc) is 3.05. The van der Waals surface area contributed by atoms with E-state index in [1.54, 1.807) is 12.3 Å². The molecule has 0 aliphatic carbocycles. The molecule has 0 spiro atoms. The van der Waals surface area contributed by atoms with Crippen LogP contribution in [0.15, 0.2) is 30.5 Å². The van der Waals surface area contributed by atoms with Gasteiger partial charge in [0.05, 0.1) is 5.57 Å². The molecule has 3 aromatic rings. The number of nitrogens with one attached hydrogen (secondary N) is 2. The van der Waals surface area contributed by atoms with Gasteiger partial charge in [0.25, 0.3) is 5.91 Å². The second-order valence-corrected chi connectivity index (χ2v) is 3.96. The molecule has 7 heteroatoms. The zero-order valence-corrected chi connectivity index (χ0v) is 9.79. The number of carbonyl (C=O) groups excluding carboxylic acids is 1. The Morgan fingerprint density at radius 3 is 2.89 bits per heavy atom. The highest BCUT2D eigenvalue weighted by Gasteiger charge is 2.13. The number of aromatic amines is 2. The van der Waals surface area contributed by atoms with Gasteiger partial charge in [-0.25, -0.2) is 5.10 Å². The summed E-state index contributed by atoms with van der Waals surface area (Å²) >= 11 is 0. The van der Waals surface area contributed by atoms with Crippen molar-refractivity contribution in [1.29, 1.82) is 0 Å². The monoisotopic (exact) mass is 254 g/mol. The van der Waals surface area contributed by atoms with Gasteiger partial charge < -0.3 is 10.7 Å². The number of carbonyl (C=O) groups is 1. The maximum absolute atomic E-state index is 11.5. The van der Waals surface area contributed by atoms with Crippen LogP contribution in [0.4, 0.5) is 0 Å². The van der Waals surface area contributed by atoms with Crippen LogP contribution in [0.2, 0.25) is 0 Å². The van der Waals surface area contributed by atoms with Gasteiger partial charge in [-0.2, -0.15) is 0 Å². The summed E-state index contributed by atoms with van der Waals surface area (Å²) in [6, 6.07) is 7.76. The molecule has 1 aromatic carbocycles. The Morgan fingerprint density at radius 2 is 2.16 bits per heavy atom. The van der Waals surface area contributed by atoms with Crippen molar-refractivity contribution >= 4 is 28.5 Å². The number of tetrazole rings is 1. The van der Waals surface area contributed by atoms with Crippen LogP contribution >= 0.6 is 0 Å². The lowest BCUT2D eigenvalue weighted by molar-refractivity contribution is -0.112. The van der Waals surface area contributed by atoms with Gasteiger partial charge in [-0.15, -0.1) is 5.10 Å². The van der Waals surface area contributed by atoms with E-state index in [-0.39, 0.29) is 11.4 Å². The number of fused-ring (bicyclic) bond motifs is 1. The number of nitrogens with two attached hydrogens (primary N) is 1. The molecule has 0 saturated carbocycles. The number of benzene rings is 1. The van der Waals surface area contributed by atoms with Crippen molar-refractivity contribution < 1.29 is 4.79 Å². The Hall–Kier alpha value is -2.96. The smallest absolute Gasteiger partial charge is 0.252 e. The van der Waals surface area contributed by atoms with Crippen LogP contribution in [0, 0.1) is 0 Å². The Labute approximate surface area is 107 Å². The molecular formula is C12H10N6O. The fourth-order valence-electron chi connectivity index (χ4n) is 1.90. The van der Waals surface area contributed by atoms with Crippen molar-refractivity contribution in [3.63, 3.8) is 0 Å². The van der Waals surface area contributed by atoms with Crippen LogP contribution in [0.25, 0.3) is 22.6 Å². The lowest BCUT2D eigenvalue weighted by Gasteiger charge is -1.97.